The van der Waals surface area contributed by atoms with Crippen molar-refractivity contribution in [3.63, 3.8) is 0 Å². The molecule has 0 aliphatic carbocycles. The Labute approximate surface area is 121 Å². The Morgan fingerprint density at radius 1 is 1.43 bits per heavy atom. The maximum Gasteiger partial charge on any atom is 0.391 e. The summed E-state index contributed by atoms with van der Waals surface area (Å²) in [5, 5.41) is 2.35. The lowest BCUT2D eigenvalue weighted by molar-refractivity contribution is -0.138. The number of nitrogens with one attached hydrogen (secondary N) is 1. The van der Waals surface area contributed by atoms with Gasteiger partial charge in [-0.05, 0) is 31.5 Å². The topological polar surface area (TPSA) is 55.1 Å². The van der Waals surface area contributed by atoms with Gasteiger partial charge in [-0.25, -0.2) is 0 Å². The molecule has 1 unspecified atom stereocenters. The molecular formula is C15H17F3N2O. The van der Waals surface area contributed by atoms with E-state index in [9.17, 15) is 18.0 Å². The Hall–Kier alpha value is -2.00. The number of carbonyl (C=O) groups excluding carboxylic acids is 1. The second-order valence-corrected chi connectivity index (χ2v) is 4.73. The smallest absolute Gasteiger partial charge is 0.349 e. The van der Waals surface area contributed by atoms with Crippen molar-refractivity contribution < 1.29 is 18.0 Å². The highest BCUT2D eigenvalue weighted by Crippen LogP contribution is 2.21. The first-order valence-electron chi connectivity index (χ1n) is 6.40. The summed E-state index contributed by atoms with van der Waals surface area (Å²) < 4.78 is 36.8. The van der Waals surface area contributed by atoms with E-state index in [0.717, 1.165) is 0 Å². The summed E-state index contributed by atoms with van der Waals surface area (Å²) in [5.74, 6) is 4.90. The molecule has 1 amide bonds. The number of amides is 1. The van der Waals surface area contributed by atoms with Crippen LogP contribution in [-0.4, -0.2) is 24.7 Å². The van der Waals surface area contributed by atoms with Crippen molar-refractivity contribution in [2.24, 2.45) is 5.73 Å². The third kappa shape index (κ3) is 5.88. The maximum atomic E-state index is 12.3. The summed E-state index contributed by atoms with van der Waals surface area (Å²) in [7, 11) is 0. The average Bonchev–Trinajstić information content (AvgIpc) is 2.35. The standard InChI is InChI=1S/C15H17F3N2O/c1-10-5-6-12(4-3-7-19)8-13(10)14(21)20-11(2)9-15(16,17)18/h5-6,8,11H,7,9,19H2,1-2H3,(H,20,21). The molecule has 114 valence electrons. The molecule has 0 fully saturated rings. The normalized spacial score (nSPS) is 12.3. The van der Waals surface area contributed by atoms with E-state index in [1.807, 2.05) is 0 Å². The number of benzene rings is 1. The van der Waals surface area contributed by atoms with Gasteiger partial charge < -0.3 is 11.1 Å². The van der Waals surface area contributed by atoms with Gasteiger partial charge in [0.15, 0.2) is 0 Å². The van der Waals surface area contributed by atoms with Crippen LogP contribution in [0, 0.1) is 18.8 Å². The van der Waals surface area contributed by atoms with Crippen molar-refractivity contribution in [1.82, 2.24) is 5.32 Å². The fourth-order valence-electron chi connectivity index (χ4n) is 1.80. The number of halogens is 3. The molecule has 1 rings (SSSR count). The summed E-state index contributed by atoms with van der Waals surface area (Å²) in [6.45, 7) is 3.22. The highest BCUT2D eigenvalue weighted by molar-refractivity contribution is 5.96. The molecule has 0 heterocycles. The molecule has 1 atom stereocenters. The Kier molecular flexibility index (Phi) is 5.79. The Balaban J connectivity index is 2.86. The molecule has 0 saturated heterocycles. The minimum Gasteiger partial charge on any atom is -0.349 e. The molecule has 0 aromatic heterocycles. The van der Waals surface area contributed by atoms with Gasteiger partial charge in [-0.15, -0.1) is 0 Å². The van der Waals surface area contributed by atoms with Crippen LogP contribution in [0.2, 0.25) is 0 Å². The highest BCUT2D eigenvalue weighted by Gasteiger charge is 2.30. The van der Waals surface area contributed by atoms with Crippen molar-refractivity contribution in [3.05, 3.63) is 34.9 Å². The minimum absolute atomic E-state index is 0.192. The number of nitrogens with two attached hydrogens (primary N) is 1. The second kappa shape index (κ2) is 7.14. The van der Waals surface area contributed by atoms with E-state index < -0.39 is 24.5 Å². The maximum absolute atomic E-state index is 12.3. The molecule has 3 N–H and O–H groups in total. The van der Waals surface area contributed by atoms with Gasteiger partial charge in [0.25, 0.3) is 5.91 Å². The van der Waals surface area contributed by atoms with Crippen LogP contribution in [-0.2, 0) is 0 Å². The summed E-state index contributed by atoms with van der Waals surface area (Å²) >= 11 is 0. The van der Waals surface area contributed by atoms with Crippen LogP contribution in [0.25, 0.3) is 0 Å². The van der Waals surface area contributed by atoms with E-state index in [0.29, 0.717) is 16.7 Å². The quantitative estimate of drug-likeness (QED) is 0.842. The Morgan fingerprint density at radius 2 is 2.10 bits per heavy atom. The second-order valence-electron chi connectivity index (χ2n) is 4.73. The summed E-state index contributed by atoms with van der Waals surface area (Å²) in [6, 6.07) is 3.99. The van der Waals surface area contributed by atoms with E-state index >= 15 is 0 Å². The molecule has 3 nitrogen and oxygen atoms in total. The van der Waals surface area contributed by atoms with Gasteiger partial charge in [-0.1, -0.05) is 17.9 Å². The highest BCUT2D eigenvalue weighted by atomic mass is 19.4. The fraction of sp³-hybridized carbons (Fsp3) is 0.400. The van der Waals surface area contributed by atoms with E-state index in [1.54, 1.807) is 25.1 Å². The zero-order chi connectivity index (χ0) is 16.0. The molecular weight excluding hydrogens is 281 g/mol. The number of hydrogen-bond acceptors (Lipinski definition) is 2. The number of carbonyl (C=O) groups is 1. The first-order chi connectivity index (χ1) is 9.73. The zero-order valence-electron chi connectivity index (χ0n) is 11.8. The zero-order valence-corrected chi connectivity index (χ0v) is 11.8. The van der Waals surface area contributed by atoms with E-state index in [4.69, 9.17) is 5.73 Å². The van der Waals surface area contributed by atoms with Crippen LogP contribution in [0.4, 0.5) is 13.2 Å². The van der Waals surface area contributed by atoms with Crippen molar-refractivity contribution >= 4 is 5.91 Å². The van der Waals surface area contributed by atoms with Crippen molar-refractivity contribution in [2.45, 2.75) is 32.5 Å². The van der Waals surface area contributed by atoms with Crippen LogP contribution >= 0.6 is 0 Å². The Bertz CT molecular complexity index is 571. The lowest BCUT2D eigenvalue weighted by Crippen LogP contribution is -2.36. The SMILES string of the molecule is Cc1ccc(C#CCN)cc1C(=O)NC(C)CC(F)(F)F. The monoisotopic (exact) mass is 298 g/mol. The van der Waals surface area contributed by atoms with Gasteiger partial charge in [0.2, 0.25) is 0 Å². The number of alkyl halides is 3. The van der Waals surface area contributed by atoms with E-state index in [2.05, 4.69) is 17.2 Å². The van der Waals surface area contributed by atoms with Crippen LogP contribution in [0.1, 0.15) is 34.8 Å². The molecule has 0 spiro atoms. The molecule has 0 radical (unpaired) electrons. The molecule has 21 heavy (non-hydrogen) atoms. The first-order valence-corrected chi connectivity index (χ1v) is 6.40. The predicted molar refractivity (Wildman–Crippen MR) is 74.7 cm³/mol. The molecule has 1 aromatic carbocycles. The van der Waals surface area contributed by atoms with Gasteiger partial charge in [0.1, 0.15) is 0 Å². The number of aryl methyl sites for hydroxylation is 1. The molecule has 0 aliphatic rings. The third-order valence-electron chi connectivity index (χ3n) is 2.73. The van der Waals surface area contributed by atoms with Gasteiger partial charge in [0, 0.05) is 17.2 Å². The van der Waals surface area contributed by atoms with Crippen molar-refractivity contribution in [1.29, 1.82) is 0 Å². The molecule has 0 bridgehead atoms. The van der Waals surface area contributed by atoms with Crippen LogP contribution < -0.4 is 11.1 Å². The predicted octanol–water partition coefficient (Wildman–Crippen LogP) is 2.38. The number of rotatable bonds is 3. The summed E-state index contributed by atoms with van der Waals surface area (Å²) in [5.41, 5.74) is 6.85. The average molecular weight is 298 g/mol. The Morgan fingerprint density at radius 3 is 2.67 bits per heavy atom. The van der Waals surface area contributed by atoms with E-state index in [-0.39, 0.29) is 6.54 Å². The largest absolute Gasteiger partial charge is 0.391 e. The summed E-state index contributed by atoms with van der Waals surface area (Å²) in [4.78, 5) is 12.0. The molecule has 0 aliphatic heterocycles. The fourth-order valence-corrected chi connectivity index (χ4v) is 1.80. The van der Waals surface area contributed by atoms with Crippen molar-refractivity contribution in [2.75, 3.05) is 6.54 Å². The molecule has 1 aromatic rings. The van der Waals surface area contributed by atoms with Gasteiger partial charge in [0.05, 0.1) is 13.0 Å². The minimum atomic E-state index is -4.31. The van der Waals surface area contributed by atoms with Gasteiger partial charge in [-0.2, -0.15) is 13.2 Å². The van der Waals surface area contributed by atoms with E-state index in [1.165, 1.54) is 6.92 Å². The van der Waals surface area contributed by atoms with Gasteiger partial charge >= 0.3 is 6.18 Å². The van der Waals surface area contributed by atoms with Crippen molar-refractivity contribution in [3.8, 4) is 11.8 Å². The molecule has 6 heteroatoms. The summed E-state index contributed by atoms with van der Waals surface area (Å²) in [6.07, 6.45) is -5.37. The molecule has 0 saturated carbocycles. The third-order valence-corrected chi connectivity index (χ3v) is 2.73. The van der Waals surface area contributed by atoms with Crippen LogP contribution in [0.15, 0.2) is 18.2 Å². The number of hydrogen-bond donors (Lipinski definition) is 2. The van der Waals surface area contributed by atoms with Gasteiger partial charge in [-0.3, -0.25) is 4.79 Å². The lowest BCUT2D eigenvalue weighted by Gasteiger charge is -2.16. The first kappa shape index (κ1) is 17.1. The lowest BCUT2D eigenvalue weighted by atomic mass is 10.0. The van der Waals surface area contributed by atoms with Crippen LogP contribution in [0.5, 0.6) is 0 Å². The van der Waals surface area contributed by atoms with Crippen LogP contribution in [0.3, 0.4) is 0 Å².